The topological polar surface area (TPSA) is 38.0 Å². The molecule has 0 amide bonds. The largest absolute Gasteiger partial charge is 0.376 e. The van der Waals surface area contributed by atoms with Crippen LogP contribution in [0.4, 0.5) is 0 Å². The van der Waals surface area contributed by atoms with Crippen molar-refractivity contribution in [2.24, 2.45) is 11.1 Å². The summed E-state index contributed by atoms with van der Waals surface area (Å²) in [5, 5.41) is 3.48. The van der Waals surface area contributed by atoms with Crippen molar-refractivity contribution in [3.05, 3.63) is 0 Å². The van der Waals surface area contributed by atoms with Gasteiger partial charge in [0, 0.05) is 6.54 Å². The fourth-order valence-electron chi connectivity index (χ4n) is 1.61. The fourth-order valence-corrected chi connectivity index (χ4v) is 1.68. The Labute approximate surface area is 73.5 Å². The normalized spacial score (nSPS) is 20.5. The smallest absolute Gasteiger partial charge is 0.163 e. The lowest BCUT2D eigenvalue weighted by molar-refractivity contribution is 0.132. The van der Waals surface area contributed by atoms with Gasteiger partial charge in [0.2, 0.25) is 0 Å². The van der Waals surface area contributed by atoms with Gasteiger partial charge < -0.3 is 11.1 Å². The van der Waals surface area contributed by atoms with Gasteiger partial charge >= 0.3 is 0 Å². The molecule has 1 aliphatic rings. The molecule has 3 N–H and O–H groups in total. The molecule has 1 rings (SSSR count). The molecule has 0 aromatic rings. The van der Waals surface area contributed by atoms with E-state index in [4.69, 9.17) is 18.0 Å². The van der Waals surface area contributed by atoms with Crippen molar-refractivity contribution in [2.45, 2.75) is 32.6 Å². The van der Waals surface area contributed by atoms with E-state index in [1.54, 1.807) is 0 Å². The van der Waals surface area contributed by atoms with Gasteiger partial charge in [-0.2, -0.15) is 0 Å². The first-order valence-corrected chi connectivity index (χ1v) is 4.63. The molecule has 2 nitrogen and oxygen atoms in total. The van der Waals surface area contributed by atoms with E-state index >= 15 is 0 Å². The molecule has 0 spiro atoms. The van der Waals surface area contributed by atoms with E-state index in [1.807, 2.05) is 0 Å². The van der Waals surface area contributed by atoms with Crippen molar-refractivity contribution in [2.75, 3.05) is 6.54 Å². The van der Waals surface area contributed by atoms with E-state index in [0.29, 0.717) is 10.5 Å². The van der Waals surface area contributed by atoms with Crippen LogP contribution in [0.1, 0.15) is 32.6 Å². The number of thiocarbonyl (C=S) groups is 1. The number of hydrogen-bond donors (Lipinski definition) is 2. The summed E-state index contributed by atoms with van der Waals surface area (Å²) >= 11 is 4.75. The average Bonchev–Trinajstić information content (AvgIpc) is 1.86. The van der Waals surface area contributed by atoms with Crippen LogP contribution in [-0.4, -0.2) is 11.7 Å². The van der Waals surface area contributed by atoms with Gasteiger partial charge in [-0.05, 0) is 36.9 Å². The summed E-state index contributed by atoms with van der Waals surface area (Å²) in [6, 6.07) is 0. The predicted molar refractivity (Wildman–Crippen MR) is 51.4 cm³/mol. The van der Waals surface area contributed by atoms with E-state index in [9.17, 15) is 0 Å². The van der Waals surface area contributed by atoms with E-state index in [1.165, 1.54) is 25.7 Å². The Kier molecular flexibility index (Phi) is 2.71. The molecule has 0 heterocycles. The highest BCUT2D eigenvalue weighted by molar-refractivity contribution is 7.80. The van der Waals surface area contributed by atoms with E-state index in [0.717, 1.165) is 6.54 Å². The Morgan fingerprint density at radius 2 is 2.27 bits per heavy atom. The molecule has 1 fully saturated rings. The van der Waals surface area contributed by atoms with Crippen LogP contribution in [-0.2, 0) is 0 Å². The lowest BCUT2D eigenvalue weighted by Crippen LogP contribution is -2.43. The summed E-state index contributed by atoms with van der Waals surface area (Å²) in [6.45, 7) is 3.21. The molecular weight excluding hydrogens is 156 g/mol. The van der Waals surface area contributed by atoms with Crippen LogP contribution in [0.5, 0.6) is 0 Å². The highest BCUT2D eigenvalue weighted by atomic mass is 32.1. The molecule has 0 unspecified atom stereocenters. The third kappa shape index (κ3) is 2.06. The molecular formula is C8H16N2S. The zero-order chi connectivity index (χ0) is 8.32. The summed E-state index contributed by atoms with van der Waals surface area (Å²) in [7, 11) is 0. The van der Waals surface area contributed by atoms with E-state index in [2.05, 4.69) is 12.2 Å². The Morgan fingerprint density at radius 3 is 2.55 bits per heavy atom. The zero-order valence-electron chi connectivity index (χ0n) is 7.02. The zero-order valence-corrected chi connectivity index (χ0v) is 7.84. The number of rotatable bonds is 3. The molecule has 0 atom stereocenters. The second kappa shape index (κ2) is 3.39. The van der Waals surface area contributed by atoms with Gasteiger partial charge in [0.15, 0.2) is 5.11 Å². The SMILES string of the molecule is CCC1(CNC(N)=S)CCC1. The second-order valence-electron chi connectivity index (χ2n) is 3.42. The maximum atomic E-state index is 5.35. The second-order valence-corrected chi connectivity index (χ2v) is 3.86. The molecule has 0 aromatic carbocycles. The first-order chi connectivity index (χ1) is 5.18. The molecule has 0 radical (unpaired) electrons. The molecule has 1 saturated carbocycles. The van der Waals surface area contributed by atoms with Gasteiger partial charge in [-0.25, -0.2) is 0 Å². The van der Waals surface area contributed by atoms with Crippen LogP contribution in [0.15, 0.2) is 0 Å². The van der Waals surface area contributed by atoms with Crippen LogP contribution >= 0.6 is 12.2 Å². The minimum absolute atomic E-state index is 0.435. The highest BCUT2D eigenvalue weighted by Crippen LogP contribution is 2.42. The standard InChI is InChI=1S/C8H16N2S/c1-2-8(4-3-5-8)6-10-7(9)11/h2-6H2,1H3,(H3,9,10,11). The van der Waals surface area contributed by atoms with Gasteiger partial charge in [0.25, 0.3) is 0 Å². The maximum absolute atomic E-state index is 5.35. The monoisotopic (exact) mass is 172 g/mol. The van der Waals surface area contributed by atoms with Crippen molar-refractivity contribution in [3.63, 3.8) is 0 Å². The lowest BCUT2D eigenvalue weighted by Gasteiger charge is -2.41. The molecule has 0 saturated heterocycles. The molecule has 3 heteroatoms. The maximum Gasteiger partial charge on any atom is 0.163 e. The third-order valence-corrected chi connectivity index (χ3v) is 2.95. The molecule has 11 heavy (non-hydrogen) atoms. The fraction of sp³-hybridized carbons (Fsp3) is 0.875. The summed E-state index contributed by atoms with van der Waals surface area (Å²) in [6.07, 6.45) is 5.27. The third-order valence-electron chi connectivity index (χ3n) is 2.80. The van der Waals surface area contributed by atoms with Crippen molar-refractivity contribution < 1.29 is 0 Å². The molecule has 0 aliphatic heterocycles. The summed E-state index contributed by atoms with van der Waals surface area (Å²) in [5.74, 6) is 0. The molecule has 0 aromatic heterocycles. The predicted octanol–water partition coefficient (Wildman–Crippen LogP) is 1.40. The van der Waals surface area contributed by atoms with Gasteiger partial charge in [-0.15, -0.1) is 0 Å². The van der Waals surface area contributed by atoms with E-state index < -0.39 is 0 Å². The Bertz CT molecular complexity index is 147. The summed E-state index contributed by atoms with van der Waals surface area (Å²) in [5.41, 5.74) is 5.87. The van der Waals surface area contributed by atoms with Crippen LogP contribution in [0, 0.1) is 5.41 Å². The van der Waals surface area contributed by atoms with Gasteiger partial charge in [0.1, 0.15) is 0 Å². The quantitative estimate of drug-likeness (QED) is 0.632. The first kappa shape index (κ1) is 8.78. The van der Waals surface area contributed by atoms with Crippen molar-refractivity contribution in [3.8, 4) is 0 Å². The van der Waals surface area contributed by atoms with Gasteiger partial charge in [-0.3, -0.25) is 0 Å². The van der Waals surface area contributed by atoms with Crippen LogP contribution < -0.4 is 11.1 Å². The Hall–Kier alpha value is -0.310. The first-order valence-electron chi connectivity index (χ1n) is 4.22. The Balaban J connectivity index is 2.27. The minimum Gasteiger partial charge on any atom is -0.376 e. The van der Waals surface area contributed by atoms with Crippen molar-refractivity contribution >= 4 is 17.3 Å². The molecule has 64 valence electrons. The van der Waals surface area contributed by atoms with Crippen LogP contribution in [0.25, 0.3) is 0 Å². The van der Waals surface area contributed by atoms with Crippen LogP contribution in [0.2, 0.25) is 0 Å². The number of nitrogens with one attached hydrogen (secondary N) is 1. The highest BCUT2D eigenvalue weighted by Gasteiger charge is 2.34. The van der Waals surface area contributed by atoms with Crippen LogP contribution in [0.3, 0.4) is 0 Å². The number of nitrogens with two attached hydrogens (primary N) is 1. The summed E-state index contributed by atoms with van der Waals surface area (Å²) < 4.78 is 0. The summed E-state index contributed by atoms with van der Waals surface area (Å²) in [4.78, 5) is 0. The van der Waals surface area contributed by atoms with Gasteiger partial charge in [0.05, 0.1) is 0 Å². The van der Waals surface area contributed by atoms with Crippen molar-refractivity contribution in [1.29, 1.82) is 0 Å². The minimum atomic E-state index is 0.435. The van der Waals surface area contributed by atoms with Crippen molar-refractivity contribution in [1.82, 2.24) is 5.32 Å². The Morgan fingerprint density at radius 1 is 1.64 bits per heavy atom. The average molecular weight is 172 g/mol. The van der Waals surface area contributed by atoms with E-state index in [-0.39, 0.29) is 0 Å². The lowest BCUT2D eigenvalue weighted by atomic mass is 9.67. The van der Waals surface area contributed by atoms with Gasteiger partial charge in [-0.1, -0.05) is 13.3 Å². The molecule has 0 bridgehead atoms. The molecule has 1 aliphatic carbocycles. The number of hydrogen-bond acceptors (Lipinski definition) is 1.